The van der Waals surface area contributed by atoms with E-state index in [9.17, 15) is 4.79 Å². The van der Waals surface area contributed by atoms with E-state index >= 15 is 0 Å². The van der Waals surface area contributed by atoms with Gasteiger partial charge in [-0.2, -0.15) is 0 Å². The first kappa shape index (κ1) is 17.7. The molecule has 0 heterocycles. The van der Waals surface area contributed by atoms with E-state index in [0.717, 1.165) is 17.5 Å². The summed E-state index contributed by atoms with van der Waals surface area (Å²) in [7, 11) is 0. The van der Waals surface area contributed by atoms with E-state index in [0.29, 0.717) is 24.5 Å². The number of nitrogens with one attached hydrogen (secondary N) is 1. The molecule has 0 spiro atoms. The second-order valence-electron chi connectivity index (χ2n) is 6.06. The van der Waals surface area contributed by atoms with Gasteiger partial charge < -0.3 is 10.1 Å². The van der Waals surface area contributed by atoms with Gasteiger partial charge in [0.05, 0.1) is 6.61 Å². The molecule has 0 unspecified atom stereocenters. The molecular weight excluding hydrogens is 322 g/mol. The molecule has 3 nitrogen and oxygen atoms in total. The number of amides is 1. The molecule has 0 aliphatic carbocycles. The number of benzene rings is 3. The fraction of sp³-hybridized carbons (Fsp3) is 0.174. The quantitative estimate of drug-likeness (QED) is 0.672. The molecule has 0 fully saturated rings. The Bertz CT molecular complexity index is 845. The summed E-state index contributed by atoms with van der Waals surface area (Å²) < 4.78 is 5.96. The number of hydrogen-bond acceptors (Lipinski definition) is 2. The molecule has 0 bridgehead atoms. The Morgan fingerprint density at radius 3 is 2.27 bits per heavy atom. The van der Waals surface area contributed by atoms with Crippen molar-refractivity contribution in [2.45, 2.75) is 13.3 Å². The smallest absolute Gasteiger partial charge is 0.251 e. The minimum atomic E-state index is -0.0850. The molecule has 3 aromatic carbocycles. The predicted molar refractivity (Wildman–Crippen MR) is 106 cm³/mol. The third-order valence-corrected chi connectivity index (χ3v) is 4.12. The average molecular weight is 345 g/mol. The predicted octanol–water partition coefficient (Wildman–Crippen LogP) is 4.72. The Hall–Kier alpha value is -3.07. The van der Waals surface area contributed by atoms with Crippen molar-refractivity contribution in [1.82, 2.24) is 5.32 Å². The number of hydrogen-bond donors (Lipinski definition) is 1. The fourth-order valence-electron chi connectivity index (χ4n) is 2.80. The maximum atomic E-state index is 12.3. The lowest BCUT2D eigenvalue weighted by Crippen LogP contribution is -2.22. The zero-order valence-electron chi connectivity index (χ0n) is 14.9. The highest BCUT2D eigenvalue weighted by Crippen LogP contribution is 2.26. The SMILES string of the molecule is CCNC(=O)c1cc(OCCc2ccccc2)cc(-c2ccccc2)c1. The van der Waals surface area contributed by atoms with Gasteiger partial charge in [-0.1, -0.05) is 60.7 Å². The lowest BCUT2D eigenvalue weighted by Gasteiger charge is -2.12. The number of carbonyl (C=O) groups is 1. The van der Waals surface area contributed by atoms with Gasteiger partial charge in [0.2, 0.25) is 0 Å². The Labute approximate surface area is 154 Å². The van der Waals surface area contributed by atoms with Gasteiger partial charge in [0.1, 0.15) is 5.75 Å². The molecule has 3 aromatic rings. The summed E-state index contributed by atoms with van der Waals surface area (Å²) >= 11 is 0. The lowest BCUT2D eigenvalue weighted by molar-refractivity contribution is 0.0955. The zero-order valence-corrected chi connectivity index (χ0v) is 14.9. The molecule has 0 aromatic heterocycles. The highest BCUT2D eigenvalue weighted by Gasteiger charge is 2.10. The zero-order chi connectivity index (χ0) is 18.2. The van der Waals surface area contributed by atoms with Crippen LogP contribution in [0.5, 0.6) is 5.75 Å². The maximum Gasteiger partial charge on any atom is 0.251 e. The van der Waals surface area contributed by atoms with Gasteiger partial charge in [0.15, 0.2) is 0 Å². The van der Waals surface area contributed by atoms with E-state index in [1.165, 1.54) is 5.56 Å². The first-order valence-corrected chi connectivity index (χ1v) is 8.91. The summed E-state index contributed by atoms with van der Waals surface area (Å²) in [4.78, 5) is 12.3. The summed E-state index contributed by atoms with van der Waals surface area (Å²) in [6, 6.07) is 26.0. The van der Waals surface area contributed by atoms with Crippen molar-refractivity contribution in [3.63, 3.8) is 0 Å². The van der Waals surface area contributed by atoms with Gasteiger partial charge in [0.25, 0.3) is 5.91 Å². The van der Waals surface area contributed by atoms with E-state index in [2.05, 4.69) is 17.4 Å². The molecule has 1 amide bonds. The van der Waals surface area contributed by atoms with Gasteiger partial charge in [-0.3, -0.25) is 4.79 Å². The second kappa shape index (κ2) is 8.86. The van der Waals surface area contributed by atoms with Crippen LogP contribution in [0.15, 0.2) is 78.9 Å². The van der Waals surface area contributed by atoms with Crippen molar-refractivity contribution >= 4 is 5.91 Å². The fourth-order valence-corrected chi connectivity index (χ4v) is 2.80. The highest BCUT2D eigenvalue weighted by atomic mass is 16.5. The van der Waals surface area contributed by atoms with Crippen molar-refractivity contribution in [3.05, 3.63) is 90.0 Å². The molecule has 132 valence electrons. The molecule has 0 radical (unpaired) electrons. The minimum Gasteiger partial charge on any atom is -0.493 e. The van der Waals surface area contributed by atoms with Crippen LogP contribution in [-0.2, 0) is 6.42 Å². The first-order chi connectivity index (χ1) is 12.8. The van der Waals surface area contributed by atoms with Crippen molar-refractivity contribution in [1.29, 1.82) is 0 Å². The van der Waals surface area contributed by atoms with Crippen LogP contribution in [0.4, 0.5) is 0 Å². The van der Waals surface area contributed by atoms with Gasteiger partial charge in [0, 0.05) is 18.5 Å². The molecule has 0 saturated heterocycles. The van der Waals surface area contributed by atoms with Gasteiger partial charge in [-0.25, -0.2) is 0 Å². The van der Waals surface area contributed by atoms with E-state index in [-0.39, 0.29) is 5.91 Å². The van der Waals surface area contributed by atoms with Gasteiger partial charge in [-0.15, -0.1) is 0 Å². The number of ether oxygens (including phenoxy) is 1. The molecule has 1 N–H and O–H groups in total. The lowest BCUT2D eigenvalue weighted by atomic mass is 10.0. The van der Waals surface area contributed by atoms with Crippen LogP contribution in [-0.4, -0.2) is 19.1 Å². The minimum absolute atomic E-state index is 0.0850. The van der Waals surface area contributed by atoms with Crippen LogP contribution in [0.3, 0.4) is 0 Å². The largest absolute Gasteiger partial charge is 0.493 e. The Morgan fingerprint density at radius 1 is 0.885 bits per heavy atom. The molecule has 0 atom stereocenters. The first-order valence-electron chi connectivity index (χ1n) is 8.91. The van der Waals surface area contributed by atoms with Gasteiger partial charge in [-0.05, 0) is 41.8 Å². The second-order valence-corrected chi connectivity index (χ2v) is 6.06. The molecule has 3 heteroatoms. The maximum absolute atomic E-state index is 12.3. The monoisotopic (exact) mass is 345 g/mol. The summed E-state index contributed by atoms with van der Waals surface area (Å²) in [6.45, 7) is 3.08. The van der Waals surface area contributed by atoms with Crippen LogP contribution in [0, 0.1) is 0 Å². The van der Waals surface area contributed by atoms with Crippen molar-refractivity contribution in [2.24, 2.45) is 0 Å². The molecular formula is C23H23NO2. The van der Waals surface area contributed by atoms with E-state index in [1.54, 1.807) is 0 Å². The third-order valence-electron chi connectivity index (χ3n) is 4.12. The Morgan fingerprint density at radius 2 is 1.58 bits per heavy atom. The standard InChI is InChI=1S/C23H23NO2/c1-2-24-23(25)21-15-20(19-11-7-4-8-12-19)16-22(17-21)26-14-13-18-9-5-3-6-10-18/h3-12,15-17H,2,13-14H2,1H3,(H,24,25). The van der Waals surface area contributed by atoms with Crippen LogP contribution in [0.25, 0.3) is 11.1 Å². The molecule has 26 heavy (non-hydrogen) atoms. The normalized spacial score (nSPS) is 10.3. The third kappa shape index (κ3) is 4.73. The molecule has 0 aliphatic heterocycles. The van der Waals surface area contributed by atoms with Crippen molar-refractivity contribution in [3.8, 4) is 16.9 Å². The summed E-state index contributed by atoms with van der Waals surface area (Å²) in [5.41, 5.74) is 3.88. The van der Waals surface area contributed by atoms with Crippen LogP contribution < -0.4 is 10.1 Å². The van der Waals surface area contributed by atoms with E-state index < -0.39 is 0 Å². The topological polar surface area (TPSA) is 38.3 Å². The molecule has 3 rings (SSSR count). The van der Waals surface area contributed by atoms with Crippen LogP contribution >= 0.6 is 0 Å². The Balaban J connectivity index is 1.81. The highest BCUT2D eigenvalue weighted by molar-refractivity contribution is 5.96. The van der Waals surface area contributed by atoms with E-state index in [1.807, 2.05) is 73.7 Å². The molecule has 0 saturated carbocycles. The van der Waals surface area contributed by atoms with E-state index in [4.69, 9.17) is 4.74 Å². The molecule has 0 aliphatic rings. The Kier molecular flexibility index (Phi) is 6.05. The summed E-state index contributed by atoms with van der Waals surface area (Å²) in [5, 5.41) is 2.86. The average Bonchev–Trinajstić information content (AvgIpc) is 2.69. The summed E-state index contributed by atoms with van der Waals surface area (Å²) in [6.07, 6.45) is 0.826. The number of carbonyl (C=O) groups excluding carboxylic acids is 1. The van der Waals surface area contributed by atoms with Gasteiger partial charge >= 0.3 is 0 Å². The number of rotatable bonds is 7. The van der Waals surface area contributed by atoms with Crippen molar-refractivity contribution < 1.29 is 9.53 Å². The van der Waals surface area contributed by atoms with Crippen molar-refractivity contribution in [2.75, 3.05) is 13.2 Å². The summed E-state index contributed by atoms with van der Waals surface area (Å²) in [5.74, 6) is 0.627. The van der Waals surface area contributed by atoms with Crippen LogP contribution in [0.1, 0.15) is 22.8 Å². The van der Waals surface area contributed by atoms with Crippen LogP contribution in [0.2, 0.25) is 0 Å².